The molecule has 114 valence electrons. The van der Waals surface area contributed by atoms with Crippen LogP contribution in [0.2, 0.25) is 0 Å². The first-order chi connectivity index (χ1) is 10.1. The molecule has 3 unspecified atom stereocenters. The number of carbonyl (C=O) groups is 1. The van der Waals surface area contributed by atoms with E-state index in [9.17, 15) is 9.90 Å². The van der Waals surface area contributed by atoms with Gasteiger partial charge in [0.2, 0.25) is 5.91 Å². The fraction of sp³-hybridized carbons (Fsp3) is 0.588. The average Bonchev–Trinajstić information content (AvgIpc) is 2.78. The smallest absolute Gasteiger partial charge is 0.241 e. The predicted octanol–water partition coefficient (Wildman–Crippen LogP) is 1.67. The lowest BCUT2D eigenvalue weighted by atomic mass is 9.96. The number of benzene rings is 1. The molecule has 0 spiro atoms. The Bertz CT molecular complexity index is 531. The molecule has 0 aliphatic carbocycles. The normalized spacial score (nSPS) is 29.5. The standard InChI is InChI=1S/C17H24N2O2/c1-12-7-8-18(10-16(12)20)11-17(21)19-13(2)9-14-5-3-4-6-15(14)19/h3-6,12-13,16,20H,7-11H2,1-2H3. The van der Waals surface area contributed by atoms with Crippen molar-refractivity contribution < 1.29 is 9.90 Å². The second-order valence-electron chi connectivity index (χ2n) is 6.51. The van der Waals surface area contributed by atoms with Crippen molar-refractivity contribution in [3.8, 4) is 0 Å². The van der Waals surface area contributed by atoms with Crippen molar-refractivity contribution in [1.29, 1.82) is 0 Å². The zero-order valence-corrected chi connectivity index (χ0v) is 12.8. The molecule has 2 aliphatic heterocycles. The first-order valence-electron chi connectivity index (χ1n) is 7.86. The number of para-hydroxylation sites is 1. The number of hydrogen-bond donors (Lipinski definition) is 1. The van der Waals surface area contributed by atoms with Crippen LogP contribution in [-0.4, -0.2) is 47.7 Å². The summed E-state index contributed by atoms with van der Waals surface area (Å²) in [7, 11) is 0. The third-order valence-electron chi connectivity index (χ3n) is 4.84. The second-order valence-corrected chi connectivity index (χ2v) is 6.51. The summed E-state index contributed by atoms with van der Waals surface area (Å²) in [5, 5.41) is 9.97. The molecule has 1 amide bonds. The lowest BCUT2D eigenvalue weighted by molar-refractivity contribution is -0.121. The second kappa shape index (κ2) is 5.78. The van der Waals surface area contributed by atoms with Gasteiger partial charge in [0, 0.05) is 18.3 Å². The van der Waals surface area contributed by atoms with E-state index in [-0.39, 0.29) is 18.1 Å². The van der Waals surface area contributed by atoms with Gasteiger partial charge in [0.15, 0.2) is 0 Å². The Kier molecular flexibility index (Phi) is 4.00. The quantitative estimate of drug-likeness (QED) is 0.900. The van der Waals surface area contributed by atoms with Crippen LogP contribution in [0.4, 0.5) is 5.69 Å². The van der Waals surface area contributed by atoms with Gasteiger partial charge in [0.25, 0.3) is 0 Å². The fourth-order valence-electron chi connectivity index (χ4n) is 3.47. The van der Waals surface area contributed by atoms with E-state index in [1.54, 1.807) is 0 Å². The number of aliphatic hydroxyl groups is 1. The van der Waals surface area contributed by atoms with Gasteiger partial charge in [-0.2, -0.15) is 0 Å². The summed E-state index contributed by atoms with van der Waals surface area (Å²) in [6, 6.07) is 8.38. The summed E-state index contributed by atoms with van der Waals surface area (Å²) in [4.78, 5) is 16.7. The lowest BCUT2D eigenvalue weighted by Crippen LogP contribution is -2.49. The first-order valence-corrected chi connectivity index (χ1v) is 7.86. The van der Waals surface area contributed by atoms with Gasteiger partial charge in [0.1, 0.15) is 0 Å². The molecule has 2 aliphatic rings. The third-order valence-corrected chi connectivity index (χ3v) is 4.84. The zero-order chi connectivity index (χ0) is 15.0. The van der Waals surface area contributed by atoms with Crippen molar-refractivity contribution in [2.75, 3.05) is 24.5 Å². The van der Waals surface area contributed by atoms with Gasteiger partial charge >= 0.3 is 0 Å². The molecule has 0 aromatic heterocycles. The largest absolute Gasteiger partial charge is 0.392 e. The number of anilines is 1. The predicted molar refractivity (Wildman–Crippen MR) is 83.3 cm³/mol. The molecule has 2 heterocycles. The Hall–Kier alpha value is -1.39. The molecule has 1 saturated heterocycles. The number of piperidine rings is 1. The molecule has 1 aromatic carbocycles. The van der Waals surface area contributed by atoms with E-state index in [0.717, 1.165) is 25.1 Å². The molecular weight excluding hydrogens is 264 g/mol. The van der Waals surface area contributed by atoms with E-state index in [0.29, 0.717) is 19.0 Å². The van der Waals surface area contributed by atoms with Crippen molar-refractivity contribution in [2.24, 2.45) is 5.92 Å². The number of fused-ring (bicyclic) bond motifs is 1. The minimum Gasteiger partial charge on any atom is -0.392 e. The maximum absolute atomic E-state index is 12.7. The van der Waals surface area contributed by atoms with Crippen LogP contribution >= 0.6 is 0 Å². The Morgan fingerprint density at radius 2 is 2.10 bits per heavy atom. The molecule has 3 atom stereocenters. The van der Waals surface area contributed by atoms with Crippen LogP contribution in [0.5, 0.6) is 0 Å². The van der Waals surface area contributed by atoms with Crippen molar-refractivity contribution in [1.82, 2.24) is 4.90 Å². The molecule has 3 rings (SSSR count). The highest BCUT2D eigenvalue weighted by atomic mass is 16.3. The Labute approximate surface area is 126 Å². The van der Waals surface area contributed by atoms with Gasteiger partial charge in [-0.3, -0.25) is 9.69 Å². The van der Waals surface area contributed by atoms with Crippen molar-refractivity contribution in [3.63, 3.8) is 0 Å². The summed E-state index contributed by atoms with van der Waals surface area (Å²) in [6.45, 7) is 6.08. The Morgan fingerprint density at radius 1 is 1.33 bits per heavy atom. The maximum atomic E-state index is 12.7. The van der Waals surface area contributed by atoms with Crippen LogP contribution in [0.1, 0.15) is 25.8 Å². The van der Waals surface area contributed by atoms with Gasteiger partial charge < -0.3 is 10.0 Å². The van der Waals surface area contributed by atoms with E-state index in [1.165, 1.54) is 5.56 Å². The number of aliphatic hydroxyl groups excluding tert-OH is 1. The number of likely N-dealkylation sites (tertiary alicyclic amines) is 1. The molecule has 0 radical (unpaired) electrons. The fourth-order valence-corrected chi connectivity index (χ4v) is 3.47. The van der Waals surface area contributed by atoms with Crippen LogP contribution in [0.25, 0.3) is 0 Å². The minimum atomic E-state index is -0.310. The molecule has 4 nitrogen and oxygen atoms in total. The Balaban J connectivity index is 1.69. The SMILES string of the molecule is CC1CCN(CC(=O)N2c3ccccc3CC2C)CC1O. The first kappa shape index (κ1) is 14.5. The lowest BCUT2D eigenvalue weighted by Gasteiger charge is -2.35. The van der Waals surface area contributed by atoms with E-state index >= 15 is 0 Å². The summed E-state index contributed by atoms with van der Waals surface area (Å²) >= 11 is 0. The molecule has 21 heavy (non-hydrogen) atoms. The summed E-state index contributed by atoms with van der Waals surface area (Å²) in [6.07, 6.45) is 1.58. The van der Waals surface area contributed by atoms with Gasteiger partial charge in [-0.1, -0.05) is 25.1 Å². The van der Waals surface area contributed by atoms with Crippen molar-refractivity contribution in [3.05, 3.63) is 29.8 Å². The highest BCUT2D eigenvalue weighted by molar-refractivity contribution is 5.97. The molecular formula is C17H24N2O2. The summed E-state index contributed by atoms with van der Waals surface area (Å²) in [5.41, 5.74) is 2.31. The van der Waals surface area contributed by atoms with Crippen LogP contribution in [0, 0.1) is 5.92 Å². The molecule has 0 bridgehead atoms. The molecule has 4 heteroatoms. The molecule has 1 fully saturated rings. The van der Waals surface area contributed by atoms with E-state index in [1.807, 2.05) is 23.1 Å². The zero-order valence-electron chi connectivity index (χ0n) is 12.8. The van der Waals surface area contributed by atoms with Crippen LogP contribution in [0.15, 0.2) is 24.3 Å². The highest BCUT2D eigenvalue weighted by Crippen LogP contribution is 2.32. The van der Waals surface area contributed by atoms with Crippen LogP contribution in [0.3, 0.4) is 0 Å². The van der Waals surface area contributed by atoms with Gasteiger partial charge in [0.05, 0.1) is 12.6 Å². The third kappa shape index (κ3) is 2.83. The van der Waals surface area contributed by atoms with E-state index in [4.69, 9.17) is 0 Å². The molecule has 1 aromatic rings. The Morgan fingerprint density at radius 3 is 2.86 bits per heavy atom. The maximum Gasteiger partial charge on any atom is 0.241 e. The van der Waals surface area contributed by atoms with Gasteiger partial charge in [-0.15, -0.1) is 0 Å². The molecule has 0 saturated carbocycles. The van der Waals surface area contributed by atoms with Crippen molar-refractivity contribution in [2.45, 2.75) is 38.8 Å². The number of nitrogens with zero attached hydrogens (tertiary/aromatic N) is 2. The average molecular weight is 288 g/mol. The van der Waals surface area contributed by atoms with Crippen LogP contribution in [-0.2, 0) is 11.2 Å². The number of β-amino-alcohol motifs (C(OH)–C–C–N with tert-alkyl or cyclic N) is 1. The number of rotatable bonds is 2. The summed E-state index contributed by atoms with van der Waals surface area (Å²) in [5.74, 6) is 0.483. The van der Waals surface area contributed by atoms with E-state index < -0.39 is 0 Å². The number of amides is 1. The topological polar surface area (TPSA) is 43.8 Å². The minimum absolute atomic E-state index is 0.147. The highest BCUT2D eigenvalue weighted by Gasteiger charge is 2.32. The van der Waals surface area contributed by atoms with E-state index in [2.05, 4.69) is 24.8 Å². The summed E-state index contributed by atoms with van der Waals surface area (Å²) < 4.78 is 0. The number of hydrogen-bond acceptors (Lipinski definition) is 3. The van der Waals surface area contributed by atoms with Gasteiger partial charge in [-0.25, -0.2) is 0 Å². The number of carbonyl (C=O) groups excluding carboxylic acids is 1. The monoisotopic (exact) mass is 288 g/mol. The molecule has 1 N–H and O–H groups in total. The van der Waals surface area contributed by atoms with Crippen LogP contribution < -0.4 is 4.90 Å². The van der Waals surface area contributed by atoms with Gasteiger partial charge in [-0.05, 0) is 43.9 Å². The van der Waals surface area contributed by atoms with Crippen molar-refractivity contribution >= 4 is 11.6 Å².